The molecule has 134 valence electrons. The van der Waals surface area contributed by atoms with Crippen LogP contribution in [0.25, 0.3) is 10.8 Å². The zero-order chi connectivity index (χ0) is 18.7. The van der Waals surface area contributed by atoms with Gasteiger partial charge in [-0.15, -0.1) is 0 Å². The molecule has 0 radical (unpaired) electrons. The standard InChI is InChI=1S/C24H22NOP/c1-19(21-17-16-20-10-8-9-11-22(20)18-21)25-27(26,23-12-4-2-5-13-23)24-14-6-3-7-15-24/h2-19H,1H3,(H,25,26)/t19-/m0/s1. The van der Waals surface area contributed by atoms with Gasteiger partial charge in [-0.05, 0) is 53.6 Å². The second-order valence-electron chi connectivity index (χ2n) is 6.74. The average Bonchev–Trinajstić information content (AvgIpc) is 2.74. The maximum Gasteiger partial charge on any atom is 0.205 e. The van der Waals surface area contributed by atoms with Crippen LogP contribution in [0, 0.1) is 0 Å². The summed E-state index contributed by atoms with van der Waals surface area (Å²) in [7, 11) is -2.96. The first-order valence-corrected chi connectivity index (χ1v) is 10.9. The zero-order valence-electron chi connectivity index (χ0n) is 15.2. The Balaban J connectivity index is 1.74. The highest BCUT2D eigenvalue weighted by Crippen LogP contribution is 2.41. The Kier molecular flexibility index (Phi) is 4.94. The summed E-state index contributed by atoms with van der Waals surface area (Å²) >= 11 is 0. The Morgan fingerprint density at radius 1 is 0.667 bits per heavy atom. The number of hydrogen-bond donors (Lipinski definition) is 1. The number of hydrogen-bond acceptors (Lipinski definition) is 1. The van der Waals surface area contributed by atoms with Gasteiger partial charge >= 0.3 is 0 Å². The molecular weight excluding hydrogens is 349 g/mol. The molecule has 0 fully saturated rings. The van der Waals surface area contributed by atoms with E-state index in [9.17, 15) is 4.57 Å². The van der Waals surface area contributed by atoms with Crippen LogP contribution in [0.1, 0.15) is 18.5 Å². The van der Waals surface area contributed by atoms with Crippen LogP contribution in [0.3, 0.4) is 0 Å². The molecule has 1 N–H and O–H groups in total. The van der Waals surface area contributed by atoms with Crippen molar-refractivity contribution in [2.75, 3.05) is 0 Å². The van der Waals surface area contributed by atoms with Gasteiger partial charge in [0.15, 0.2) is 0 Å². The third-order valence-electron chi connectivity index (χ3n) is 4.89. The second-order valence-corrected chi connectivity index (χ2v) is 9.25. The molecule has 0 heterocycles. The van der Waals surface area contributed by atoms with Gasteiger partial charge in [-0.25, -0.2) is 0 Å². The molecule has 4 aromatic carbocycles. The monoisotopic (exact) mass is 371 g/mol. The van der Waals surface area contributed by atoms with Gasteiger partial charge in [-0.3, -0.25) is 9.65 Å². The highest BCUT2D eigenvalue weighted by atomic mass is 31.2. The Labute approximate surface area is 160 Å². The lowest BCUT2D eigenvalue weighted by molar-refractivity contribution is 0.568. The summed E-state index contributed by atoms with van der Waals surface area (Å²) in [4.78, 5) is 0. The van der Waals surface area contributed by atoms with Crippen LogP contribution in [0.2, 0.25) is 0 Å². The molecule has 0 unspecified atom stereocenters. The molecule has 0 saturated heterocycles. The molecule has 4 rings (SSSR count). The van der Waals surface area contributed by atoms with Crippen molar-refractivity contribution in [3.8, 4) is 0 Å². The lowest BCUT2D eigenvalue weighted by Crippen LogP contribution is -2.29. The van der Waals surface area contributed by atoms with E-state index in [0.29, 0.717) is 0 Å². The van der Waals surface area contributed by atoms with Crippen LogP contribution in [0.15, 0.2) is 103 Å². The van der Waals surface area contributed by atoms with Crippen LogP contribution in [0.5, 0.6) is 0 Å². The quantitative estimate of drug-likeness (QED) is 0.475. The van der Waals surface area contributed by atoms with Crippen LogP contribution in [-0.4, -0.2) is 0 Å². The molecule has 0 amide bonds. The molecule has 0 bridgehead atoms. The third kappa shape index (κ3) is 3.60. The molecular formula is C24H22NOP. The molecule has 0 aliphatic heterocycles. The second kappa shape index (κ2) is 7.52. The Bertz CT molecular complexity index is 1050. The van der Waals surface area contributed by atoms with Crippen LogP contribution in [0.4, 0.5) is 0 Å². The van der Waals surface area contributed by atoms with Gasteiger partial charge in [0.2, 0.25) is 7.29 Å². The van der Waals surface area contributed by atoms with Crippen molar-refractivity contribution in [1.29, 1.82) is 0 Å². The summed E-state index contributed by atoms with van der Waals surface area (Å²) in [5.41, 5.74) is 1.13. The summed E-state index contributed by atoms with van der Waals surface area (Å²) in [5, 5.41) is 7.51. The van der Waals surface area contributed by atoms with Gasteiger partial charge in [-0.1, -0.05) is 72.8 Å². The minimum absolute atomic E-state index is 0.0548. The highest BCUT2D eigenvalue weighted by Gasteiger charge is 2.29. The van der Waals surface area contributed by atoms with Gasteiger partial charge in [0, 0.05) is 16.7 Å². The van der Waals surface area contributed by atoms with Crippen molar-refractivity contribution in [3.05, 3.63) is 109 Å². The summed E-state index contributed by atoms with van der Waals surface area (Å²) < 4.78 is 14.2. The van der Waals surface area contributed by atoms with E-state index in [-0.39, 0.29) is 6.04 Å². The Hall–Kier alpha value is -2.67. The van der Waals surface area contributed by atoms with Crippen LogP contribution >= 0.6 is 7.29 Å². The Morgan fingerprint density at radius 3 is 1.78 bits per heavy atom. The fourth-order valence-corrected chi connectivity index (χ4v) is 5.87. The van der Waals surface area contributed by atoms with Crippen molar-refractivity contribution in [3.63, 3.8) is 0 Å². The average molecular weight is 371 g/mol. The minimum Gasteiger partial charge on any atom is -0.297 e. The normalized spacial score (nSPS) is 12.8. The van der Waals surface area contributed by atoms with E-state index >= 15 is 0 Å². The maximum atomic E-state index is 14.2. The molecule has 27 heavy (non-hydrogen) atoms. The van der Waals surface area contributed by atoms with E-state index in [1.807, 2.05) is 72.8 Å². The molecule has 2 nitrogen and oxygen atoms in total. The fourth-order valence-electron chi connectivity index (χ4n) is 3.40. The molecule has 4 aromatic rings. The maximum absolute atomic E-state index is 14.2. The Morgan fingerprint density at radius 2 is 1.19 bits per heavy atom. The molecule has 0 aromatic heterocycles. The topological polar surface area (TPSA) is 29.1 Å². The third-order valence-corrected chi connectivity index (χ3v) is 7.69. The number of nitrogens with one attached hydrogen (secondary N) is 1. The summed E-state index contributed by atoms with van der Waals surface area (Å²) in [6.45, 7) is 2.07. The predicted octanol–water partition coefficient (Wildman–Crippen LogP) is 5.42. The predicted molar refractivity (Wildman–Crippen MR) is 115 cm³/mol. The van der Waals surface area contributed by atoms with Crippen molar-refractivity contribution in [1.82, 2.24) is 5.09 Å². The molecule has 0 saturated carbocycles. The first kappa shape index (κ1) is 17.7. The van der Waals surface area contributed by atoms with Gasteiger partial charge in [0.25, 0.3) is 0 Å². The summed E-state index contributed by atoms with van der Waals surface area (Å²) in [5.74, 6) is 0. The first-order chi connectivity index (χ1) is 13.2. The van der Waals surface area contributed by atoms with Gasteiger partial charge in [0.1, 0.15) is 0 Å². The van der Waals surface area contributed by atoms with E-state index in [1.165, 1.54) is 10.8 Å². The van der Waals surface area contributed by atoms with Gasteiger partial charge < -0.3 is 0 Å². The summed E-state index contributed by atoms with van der Waals surface area (Å²) in [6, 6.07) is 34.1. The smallest absolute Gasteiger partial charge is 0.205 e. The van der Waals surface area contributed by atoms with Crippen LogP contribution in [-0.2, 0) is 4.57 Å². The van der Waals surface area contributed by atoms with E-state index < -0.39 is 7.29 Å². The van der Waals surface area contributed by atoms with Gasteiger partial charge in [-0.2, -0.15) is 0 Å². The van der Waals surface area contributed by atoms with Crippen LogP contribution < -0.4 is 15.7 Å². The minimum atomic E-state index is -2.96. The molecule has 0 aliphatic carbocycles. The summed E-state index contributed by atoms with van der Waals surface area (Å²) in [6.07, 6.45) is 0. The lowest BCUT2D eigenvalue weighted by Gasteiger charge is -2.25. The molecule has 1 atom stereocenters. The number of rotatable bonds is 5. The van der Waals surface area contributed by atoms with E-state index in [1.54, 1.807) is 0 Å². The molecule has 0 aliphatic rings. The number of benzene rings is 4. The molecule has 3 heteroatoms. The first-order valence-electron chi connectivity index (χ1n) is 9.14. The van der Waals surface area contributed by atoms with Crippen molar-refractivity contribution >= 4 is 28.7 Å². The van der Waals surface area contributed by atoms with E-state index in [2.05, 4.69) is 42.3 Å². The van der Waals surface area contributed by atoms with Crippen molar-refractivity contribution < 1.29 is 4.57 Å². The largest absolute Gasteiger partial charge is 0.297 e. The van der Waals surface area contributed by atoms with E-state index in [4.69, 9.17) is 0 Å². The van der Waals surface area contributed by atoms with Crippen molar-refractivity contribution in [2.45, 2.75) is 13.0 Å². The number of fused-ring (bicyclic) bond motifs is 1. The van der Waals surface area contributed by atoms with Crippen molar-refractivity contribution in [2.24, 2.45) is 0 Å². The zero-order valence-corrected chi connectivity index (χ0v) is 16.1. The lowest BCUT2D eigenvalue weighted by atomic mass is 10.0. The highest BCUT2D eigenvalue weighted by molar-refractivity contribution is 7.76. The van der Waals surface area contributed by atoms with E-state index in [0.717, 1.165) is 16.2 Å². The SMILES string of the molecule is C[C@H](NP(=O)(c1ccccc1)c1ccccc1)c1ccc2ccccc2c1. The molecule has 0 spiro atoms. The fraction of sp³-hybridized carbons (Fsp3) is 0.0833. The van der Waals surface area contributed by atoms with Gasteiger partial charge in [0.05, 0.1) is 0 Å².